The summed E-state index contributed by atoms with van der Waals surface area (Å²) in [6, 6.07) is 9.15. The third-order valence-corrected chi connectivity index (χ3v) is 5.78. The van der Waals surface area contributed by atoms with Crippen LogP contribution in [0.25, 0.3) is 0 Å². The molecule has 0 radical (unpaired) electrons. The summed E-state index contributed by atoms with van der Waals surface area (Å²) in [6.45, 7) is 1.56. The zero-order valence-corrected chi connectivity index (χ0v) is 15.0. The molecule has 1 aromatic carbocycles. The van der Waals surface area contributed by atoms with E-state index in [-0.39, 0.29) is 17.0 Å². The molecule has 1 aliphatic rings. The quantitative estimate of drug-likeness (QED) is 0.871. The average molecular weight is 375 g/mol. The van der Waals surface area contributed by atoms with E-state index in [0.717, 1.165) is 4.31 Å². The number of carbonyl (C=O) groups is 2. The molecular formula is C17H17N3O5S. The van der Waals surface area contributed by atoms with Crippen LogP contribution in [0.5, 0.6) is 5.88 Å². The number of benzene rings is 1. The average Bonchev–Trinajstić information content (AvgIpc) is 2.82. The fraction of sp³-hybridized carbons (Fsp3) is 0.235. The Morgan fingerprint density at radius 2 is 2.08 bits per heavy atom. The highest BCUT2D eigenvalue weighted by molar-refractivity contribution is 7.94. The summed E-state index contributed by atoms with van der Waals surface area (Å²) >= 11 is 0. The minimum absolute atomic E-state index is 0.153. The number of anilines is 2. The number of aromatic nitrogens is 1. The summed E-state index contributed by atoms with van der Waals surface area (Å²) in [5.41, 5.74) is 0.834. The zero-order chi connectivity index (χ0) is 18.9. The number of hydrogen-bond donors (Lipinski definition) is 1. The maximum Gasteiger partial charge on any atom is 0.255 e. The van der Waals surface area contributed by atoms with Gasteiger partial charge >= 0.3 is 0 Å². The lowest BCUT2D eigenvalue weighted by Gasteiger charge is -2.16. The molecule has 2 amide bonds. The largest absolute Gasteiger partial charge is 0.481 e. The van der Waals surface area contributed by atoms with Gasteiger partial charge in [-0.25, -0.2) is 17.7 Å². The smallest absolute Gasteiger partial charge is 0.255 e. The summed E-state index contributed by atoms with van der Waals surface area (Å²) < 4.78 is 30.1. The number of carbonyl (C=O) groups excluding carboxylic acids is 2. The molecule has 26 heavy (non-hydrogen) atoms. The molecule has 1 atom stereocenters. The number of methoxy groups -OCH3 is 1. The van der Waals surface area contributed by atoms with Crippen LogP contribution >= 0.6 is 0 Å². The van der Waals surface area contributed by atoms with Gasteiger partial charge in [0, 0.05) is 11.6 Å². The van der Waals surface area contributed by atoms with E-state index < -0.39 is 27.8 Å². The Morgan fingerprint density at radius 1 is 1.31 bits per heavy atom. The molecule has 2 aromatic rings. The number of ether oxygens (including phenoxy) is 1. The molecule has 1 unspecified atom stereocenters. The Hall–Kier alpha value is -2.94. The Morgan fingerprint density at radius 3 is 2.65 bits per heavy atom. The minimum Gasteiger partial charge on any atom is -0.481 e. The highest BCUT2D eigenvalue weighted by Gasteiger charge is 2.42. The maximum atomic E-state index is 12.4. The topological polar surface area (TPSA) is 106 Å². The van der Waals surface area contributed by atoms with Crippen molar-refractivity contribution < 1.29 is 22.7 Å². The van der Waals surface area contributed by atoms with E-state index >= 15 is 0 Å². The van der Waals surface area contributed by atoms with E-state index in [0.29, 0.717) is 11.6 Å². The van der Waals surface area contributed by atoms with E-state index in [4.69, 9.17) is 4.74 Å². The number of sulfonamides is 1. The fourth-order valence-electron chi connectivity index (χ4n) is 2.64. The van der Waals surface area contributed by atoms with Crippen LogP contribution in [0.4, 0.5) is 11.4 Å². The third kappa shape index (κ3) is 3.38. The zero-order valence-electron chi connectivity index (χ0n) is 14.2. The first-order valence-corrected chi connectivity index (χ1v) is 9.41. The number of hydrogen-bond acceptors (Lipinski definition) is 6. The van der Waals surface area contributed by atoms with Crippen LogP contribution in [0, 0.1) is 5.92 Å². The van der Waals surface area contributed by atoms with Gasteiger partial charge in [0.1, 0.15) is 0 Å². The lowest BCUT2D eigenvalue weighted by molar-refractivity contribution is -0.119. The van der Waals surface area contributed by atoms with Crippen LogP contribution < -0.4 is 14.4 Å². The summed E-state index contributed by atoms with van der Waals surface area (Å²) in [5, 5.41) is 2.66. The normalized spacial score (nSPS) is 18.6. The fourth-order valence-corrected chi connectivity index (χ4v) is 4.45. The molecule has 0 spiro atoms. The van der Waals surface area contributed by atoms with Gasteiger partial charge in [0.05, 0.1) is 36.4 Å². The second-order valence-electron chi connectivity index (χ2n) is 5.88. The van der Waals surface area contributed by atoms with E-state index in [9.17, 15) is 18.0 Å². The number of pyridine rings is 1. The first-order valence-electron chi connectivity index (χ1n) is 7.80. The molecule has 1 aliphatic heterocycles. The van der Waals surface area contributed by atoms with Crippen molar-refractivity contribution in [3.63, 3.8) is 0 Å². The van der Waals surface area contributed by atoms with Gasteiger partial charge in [-0.15, -0.1) is 0 Å². The molecule has 136 valence electrons. The van der Waals surface area contributed by atoms with Gasteiger partial charge in [-0.05, 0) is 24.3 Å². The molecule has 0 saturated carbocycles. The third-order valence-electron chi connectivity index (χ3n) is 3.91. The Kier molecular flexibility index (Phi) is 4.64. The van der Waals surface area contributed by atoms with Gasteiger partial charge in [0.2, 0.25) is 21.8 Å². The molecule has 0 aliphatic carbocycles. The SMILES string of the molecule is COc1ccc(NC(=O)c2cccc(N3C(=O)C(C)CS3(=O)=O)c2)cn1. The van der Waals surface area contributed by atoms with Crippen molar-refractivity contribution in [3.8, 4) is 5.88 Å². The molecule has 2 heterocycles. The standard InChI is InChI=1S/C17H17N3O5S/c1-11-10-26(23,24)20(17(11)22)14-5-3-4-12(8-14)16(21)19-13-6-7-15(25-2)18-9-13/h3-9,11H,10H2,1-2H3,(H,19,21). The molecule has 8 nitrogen and oxygen atoms in total. The van der Waals surface area contributed by atoms with Crippen molar-refractivity contribution in [2.24, 2.45) is 5.92 Å². The van der Waals surface area contributed by atoms with Gasteiger partial charge in [-0.2, -0.15) is 0 Å². The van der Waals surface area contributed by atoms with Gasteiger partial charge in [0.15, 0.2) is 0 Å². The van der Waals surface area contributed by atoms with E-state index in [1.54, 1.807) is 19.1 Å². The molecule has 0 bridgehead atoms. The van der Waals surface area contributed by atoms with Crippen molar-refractivity contribution in [1.82, 2.24) is 4.98 Å². The predicted octanol–water partition coefficient (Wildman–Crippen LogP) is 1.65. The summed E-state index contributed by atoms with van der Waals surface area (Å²) in [7, 11) is -2.23. The Balaban J connectivity index is 1.84. The second kappa shape index (κ2) is 6.75. The molecule has 9 heteroatoms. The van der Waals surface area contributed by atoms with E-state index in [1.165, 1.54) is 37.6 Å². The highest BCUT2D eigenvalue weighted by atomic mass is 32.2. The van der Waals surface area contributed by atoms with Gasteiger partial charge < -0.3 is 10.1 Å². The van der Waals surface area contributed by atoms with Crippen molar-refractivity contribution in [2.45, 2.75) is 6.92 Å². The molecule has 1 N–H and O–H groups in total. The van der Waals surface area contributed by atoms with Gasteiger partial charge in [-0.1, -0.05) is 13.0 Å². The number of rotatable bonds is 4. The first kappa shape index (κ1) is 17.9. The van der Waals surface area contributed by atoms with Crippen molar-refractivity contribution >= 4 is 33.2 Å². The van der Waals surface area contributed by atoms with Crippen LogP contribution in [0.2, 0.25) is 0 Å². The van der Waals surface area contributed by atoms with Crippen LogP contribution in [0.1, 0.15) is 17.3 Å². The number of amides is 2. The van der Waals surface area contributed by atoms with Gasteiger partial charge in [-0.3, -0.25) is 9.59 Å². The predicted molar refractivity (Wildman–Crippen MR) is 95.6 cm³/mol. The molecule has 1 fully saturated rings. The van der Waals surface area contributed by atoms with E-state index in [2.05, 4.69) is 10.3 Å². The molecular weight excluding hydrogens is 358 g/mol. The lowest BCUT2D eigenvalue weighted by Crippen LogP contribution is -2.30. The van der Waals surface area contributed by atoms with Crippen molar-refractivity contribution in [1.29, 1.82) is 0 Å². The monoisotopic (exact) mass is 375 g/mol. The Bertz CT molecular complexity index is 957. The second-order valence-corrected chi connectivity index (χ2v) is 7.74. The van der Waals surface area contributed by atoms with Gasteiger partial charge in [0.25, 0.3) is 5.91 Å². The lowest BCUT2D eigenvalue weighted by atomic mass is 10.1. The highest BCUT2D eigenvalue weighted by Crippen LogP contribution is 2.29. The summed E-state index contributed by atoms with van der Waals surface area (Å²) in [4.78, 5) is 28.6. The summed E-state index contributed by atoms with van der Waals surface area (Å²) in [5.74, 6) is -1.38. The van der Waals surface area contributed by atoms with E-state index in [1.807, 2.05) is 0 Å². The van der Waals surface area contributed by atoms with Crippen LogP contribution in [-0.4, -0.2) is 38.1 Å². The van der Waals surface area contributed by atoms with Crippen molar-refractivity contribution in [2.75, 3.05) is 22.5 Å². The van der Waals surface area contributed by atoms with Crippen LogP contribution in [0.15, 0.2) is 42.6 Å². The summed E-state index contributed by atoms with van der Waals surface area (Å²) in [6.07, 6.45) is 1.44. The van der Waals surface area contributed by atoms with Crippen LogP contribution in [0.3, 0.4) is 0 Å². The molecule has 1 saturated heterocycles. The first-order chi connectivity index (χ1) is 12.3. The van der Waals surface area contributed by atoms with Crippen LogP contribution in [-0.2, 0) is 14.8 Å². The number of nitrogens with one attached hydrogen (secondary N) is 1. The number of nitrogens with zero attached hydrogens (tertiary/aromatic N) is 2. The molecule has 1 aromatic heterocycles. The minimum atomic E-state index is -3.72. The maximum absolute atomic E-state index is 12.4. The molecule has 3 rings (SSSR count). The Labute approximate surface area is 150 Å². The van der Waals surface area contributed by atoms with Crippen molar-refractivity contribution in [3.05, 3.63) is 48.2 Å².